The van der Waals surface area contributed by atoms with Gasteiger partial charge in [-0.05, 0) is 43.6 Å². The second-order valence-electron chi connectivity index (χ2n) is 9.05. The topological polar surface area (TPSA) is 98.5 Å². The van der Waals surface area contributed by atoms with Crippen LogP contribution in [0.3, 0.4) is 0 Å². The third-order valence-corrected chi connectivity index (χ3v) is 7.16. The number of nitrogens with zero attached hydrogens (tertiary/aromatic N) is 6. The van der Waals surface area contributed by atoms with Crippen LogP contribution in [0.25, 0.3) is 44.5 Å². The number of H-pyrrole nitrogens is 1. The minimum Gasteiger partial charge on any atom is -0.365 e. The molecule has 2 aliphatic rings. The molecular formula is C24H24N8O. The highest BCUT2D eigenvalue weighted by Gasteiger charge is 2.43. The van der Waals surface area contributed by atoms with Crippen molar-refractivity contribution in [3.8, 4) is 22.5 Å². The molecule has 4 aromatic heterocycles. The molecule has 0 bridgehead atoms. The molecule has 1 saturated heterocycles. The Morgan fingerprint density at radius 2 is 1.94 bits per heavy atom. The lowest BCUT2D eigenvalue weighted by Gasteiger charge is -2.34. The van der Waals surface area contributed by atoms with E-state index in [9.17, 15) is 0 Å². The van der Waals surface area contributed by atoms with E-state index in [1.54, 1.807) is 11.0 Å². The molecule has 5 aromatic rings. The van der Waals surface area contributed by atoms with Crippen molar-refractivity contribution < 1.29 is 4.74 Å². The van der Waals surface area contributed by atoms with Gasteiger partial charge in [0.2, 0.25) is 0 Å². The zero-order chi connectivity index (χ0) is 22.2. The molecule has 0 atom stereocenters. The molecule has 1 spiro atoms. The molecule has 2 N–H and O–H groups in total. The summed E-state index contributed by atoms with van der Waals surface area (Å²) in [6.45, 7) is 2.49. The molecule has 33 heavy (non-hydrogen) atoms. The summed E-state index contributed by atoms with van der Waals surface area (Å²) in [5.41, 5.74) is 8.07. The van der Waals surface area contributed by atoms with Crippen molar-refractivity contribution in [1.29, 1.82) is 0 Å². The maximum Gasteiger partial charge on any atom is 0.138 e. The number of hydrogen-bond donors (Lipinski definition) is 2. The molecule has 7 rings (SSSR count). The first-order chi connectivity index (χ1) is 16.1. The van der Waals surface area contributed by atoms with Crippen LogP contribution < -0.4 is 5.32 Å². The van der Waals surface area contributed by atoms with Gasteiger partial charge in [0.15, 0.2) is 0 Å². The van der Waals surface area contributed by atoms with Crippen molar-refractivity contribution in [2.45, 2.75) is 25.0 Å². The lowest BCUT2D eigenvalue weighted by molar-refractivity contribution is -0.0582. The summed E-state index contributed by atoms with van der Waals surface area (Å²) in [6, 6.07) is 6.50. The minimum atomic E-state index is -0.281. The predicted molar refractivity (Wildman–Crippen MR) is 124 cm³/mol. The van der Waals surface area contributed by atoms with Crippen molar-refractivity contribution in [3.63, 3.8) is 0 Å². The summed E-state index contributed by atoms with van der Waals surface area (Å²) in [4.78, 5) is 9.98. The molecule has 0 radical (unpaired) electrons. The maximum atomic E-state index is 6.50. The van der Waals surface area contributed by atoms with Crippen molar-refractivity contribution >= 4 is 21.9 Å². The summed E-state index contributed by atoms with van der Waals surface area (Å²) < 4.78 is 8.40. The lowest BCUT2D eigenvalue weighted by atomic mass is 9.81. The number of hydrogen-bond acceptors (Lipinski definition) is 6. The van der Waals surface area contributed by atoms with E-state index < -0.39 is 0 Å². The summed E-state index contributed by atoms with van der Waals surface area (Å²) in [5, 5.41) is 19.1. The van der Waals surface area contributed by atoms with Gasteiger partial charge in [0.1, 0.15) is 11.3 Å². The summed E-state index contributed by atoms with van der Waals surface area (Å²) in [6.07, 6.45) is 7.58. The Morgan fingerprint density at radius 3 is 2.76 bits per heavy atom. The van der Waals surface area contributed by atoms with Gasteiger partial charge in [0.05, 0.1) is 35.8 Å². The van der Waals surface area contributed by atoms with Crippen molar-refractivity contribution in [2.24, 2.45) is 14.1 Å². The van der Waals surface area contributed by atoms with Gasteiger partial charge in [-0.1, -0.05) is 6.07 Å². The predicted octanol–water partition coefficient (Wildman–Crippen LogP) is 3.02. The molecule has 0 unspecified atom stereocenters. The summed E-state index contributed by atoms with van der Waals surface area (Å²) >= 11 is 0. The van der Waals surface area contributed by atoms with E-state index in [0.717, 1.165) is 70.4 Å². The largest absolute Gasteiger partial charge is 0.365 e. The van der Waals surface area contributed by atoms with Crippen molar-refractivity contribution in [1.82, 2.24) is 40.1 Å². The standard InChI is InChI=1S/C24H24N8O/c1-31-18-4-3-14(9-15(18)11-27-31)19-20-21-16(13-33-24(21)5-7-25-8-6-24)10-26-23(20)29-22(19)17-12-28-32(2)30-17/h3-4,9-12,25H,5-8,13H2,1-2H3,(H,26,29). The van der Waals surface area contributed by atoms with Crippen LogP contribution in [-0.4, -0.2) is 47.8 Å². The van der Waals surface area contributed by atoms with E-state index in [1.165, 1.54) is 11.1 Å². The second kappa shape index (κ2) is 6.72. The van der Waals surface area contributed by atoms with Gasteiger partial charge in [-0.3, -0.25) is 4.68 Å². The Balaban J connectivity index is 1.57. The number of fused-ring (bicyclic) bond motifs is 5. The Bertz CT molecular complexity index is 1530. The van der Waals surface area contributed by atoms with Crippen LogP contribution >= 0.6 is 0 Å². The van der Waals surface area contributed by atoms with Crippen molar-refractivity contribution in [2.75, 3.05) is 13.1 Å². The summed E-state index contributed by atoms with van der Waals surface area (Å²) in [5.74, 6) is 0. The maximum absolute atomic E-state index is 6.50. The van der Waals surface area contributed by atoms with Crippen LogP contribution in [0.1, 0.15) is 24.0 Å². The Labute approximate surface area is 189 Å². The van der Waals surface area contributed by atoms with Gasteiger partial charge < -0.3 is 15.0 Å². The van der Waals surface area contributed by atoms with E-state index in [4.69, 9.17) is 9.72 Å². The number of piperidine rings is 1. The van der Waals surface area contributed by atoms with E-state index in [0.29, 0.717) is 6.61 Å². The van der Waals surface area contributed by atoms with Gasteiger partial charge >= 0.3 is 0 Å². The van der Waals surface area contributed by atoms with Crippen LogP contribution in [0.5, 0.6) is 0 Å². The highest BCUT2D eigenvalue weighted by molar-refractivity contribution is 6.06. The highest BCUT2D eigenvalue weighted by atomic mass is 16.5. The molecule has 1 aromatic carbocycles. The van der Waals surface area contributed by atoms with Crippen LogP contribution in [0, 0.1) is 0 Å². The van der Waals surface area contributed by atoms with Crippen LogP contribution in [-0.2, 0) is 31.0 Å². The van der Waals surface area contributed by atoms with Gasteiger partial charge in [-0.25, -0.2) is 4.98 Å². The van der Waals surface area contributed by atoms with E-state index in [-0.39, 0.29) is 5.60 Å². The summed E-state index contributed by atoms with van der Waals surface area (Å²) in [7, 11) is 3.80. The Kier molecular flexibility index (Phi) is 3.86. The molecule has 0 amide bonds. The van der Waals surface area contributed by atoms with E-state index in [2.05, 4.69) is 43.8 Å². The highest BCUT2D eigenvalue weighted by Crippen LogP contribution is 2.50. The minimum absolute atomic E-state index is 0.281. The Morgan fingerprint density at radius 1 is 1.06 bits per heavy atom. The zero-order valence-electron chi connectivity index (χ0n) is 18.6. The molecule has 9 heteroatoms. The number of benzene rings is 1. The smallest absolute Gasteiger partial charge is 0.138 e. The first kappa shape index (κ1) is 19.0. The van der Waals surface area contributed by atoms with Crippen molar-refractivity contribution in [3.05, 3.63) is 47.9 Å². The first-order valence-corrected chi connectivity index (χ1v) is 11.3. The van der Waals surface area contributed by atoms with Crippen LogP contribution in [0.15, 0.2) is 36.8 Å². The molecule has 0 aliphatic carbocycles. The van der Waals surface area contributed by atoms with Crippen LogP contribution in [0.2, 0.25) is 0 Å². The Hall–Kier alpha value is -3.56. The average molecular weight is 441 g/mol. The number of aromatic nitrogens is 7. The number of pyridine rings is 1. The monoisotopic (exact) mass is 440 g/mol. The molecule has 2 aliphatic heterocycles. The fourth-order valence-electron chi connectivity index (χ4n) is 5.60. The third-order valence-electron chi connectivity index (χ3n) is 7.16. The second-order valence-corrected chi connectivity index (χ2v) is 9.05. The number of aromatic amines is 1. The number of nitrogens with one attached hydrogen (secondary N) is 2. The molecule has 6 heterocycles. The molecule has 1 fully saturated rings. The quantitative estimate of drug-likeness (QED) is 0.438. The van der Waals surface area contributed by atoms with E-state index >= 15 is 0 Å². The number of aryl methyl sites for hydroxylation is 2. The normalized spacial score (nSPS) is 17.4. The van der Waals surface area contributed by atoms with Gasteiger partial charge in [0, 0.05) is 47.8 Å². The van der Waals surface area contributed by atoms with Gasteiger partial charge in [0.25, 0.3) is 0 Å². The van der Waals surface area contributed by atoms with Gasteiger partial charge in [-0.15, -0.1) is 0 Å². The van der Waals surface area contributed by atoms with Gasteiger partial charge in [-0.2, -0.15) is 20.1 Å². The average Bonchev–Trinajstić information content (AvgIpc) is 3.59. The molecule has 9 nitrogen and oxygen atoms in total. The SMILES string of the molecule is Cn1ncc(-c2[nH]c3ncc4c(c3c2-c2ccc3c(cnn3C)c2)C2(CCNCC2)OC4)n1. The number of ether oxygens (including phenoxy) is 1. The van der Waals surface area contributed by atoms with E-state index in [1.807, 2.05) is 31.2 Å². The molecular weight excluding hydrogens is 416 g/mol. The van der Waals surface area contributed by atoms with Crippen LogP contribution in [0.4, 0.5) is 0 Å². The number of rotatable bonds is 2. The first-order valence-electron chi connectivity index (χ1n) is 11.3. The zero-order valence-corrected chi connectivity index (χ0v) is 18.6. The molecule has 166 valence electrons. The fraction of sp³-hybridized carbons (Fsp3) is 0.333. The third kappa shape index (κ3) is 2.66. The lowest BCUT2D eigenvalue weighted by Crippen LogP contribution is -2.39. The fourth-order valence-corrected chi connectivity index (χ4v) is 5.60. The molecule has 0 saturated carbocycles.